The lowest BCUT2D eigenvalue weighted by Crippen LogP contribution is -2.46. The fourth-order valence-corrected chi connectivity index (χ4v) is 1.81. The molecule has 2 N–H and O–H groups in total. The van der Waals surface area contributed by atoms with Gasteiger partial charge in [0.2, 0.25) is 5.91 Å². The van der Waals surface area contributed by atoms with Crippen molar-refractivity contribution in [2.75, 3.05) is 19.6 Å². The van der Waals surface area contributed by atoms with E-state index in [0.29, 0.717) is 12.3 Å². The van der Waals surface area contributed by atoms with Gasteiger partial charge in [0.25, 0.3) is 0 Å². The number of hydrogen-bond donors (Lipinski definition) is 2. The lowest BCUT2D eigenvalue weighted by Gasteiger charge is -2.29. The van der Waals surface area contributed by atoms with E-state index in [0.717, 1.165) is 25.9 Å². The minimum absolute atomic E-state index is 0.00593. The van der Waals surface area contributed by atoms with Crippen molar-refractivity contribution in [1.82, 2.24) is 10.2 Å². The lowest BCUT2D eigenvalue weighted by atomic mass is 9.98. The summed E-state index contributed by atoms with van der Waals surface area (Å²) in [5.74, 6) is -0.499. The predicted octanol–water partition coefficient (Wildman–Crippen LogP) is -0.329. The van der Waals surface area contributed by atoms with Crippen molar-refractivity contribution in [3.05, 3.63) is 0 Å². The average molecular weight is 212 g/mol. The minimum atomic E-state index is -0.915. The summed E-state index contributed by atoms with van der Waals surface area (Å²) < 4.78 is 0. The molecule has 5 heteroatoms. The summed E-state index contributed by atoms with van der Waals surface area (Å²) in [6.45, 7) is 1.64. The number of rotatable bonds is 5. The molecule has 5 nitrogen and oxygen atoms in total. The molecule has 0 spiro atoms. The summed E-state index contributed by atoms with van der Waals surface area (Å²) >= 11 is 0. The van der Waals surface area contributed by atoms with Crippen LogP contribution in [0.15, 0.2) is 0 Å². The summed E-state index contributed by atoms with van der Waals surface area (Å²) in [6.07, 6.45) is 2.42. The molecular formula is C10H16N2O3. The molecule has 0 aromatic carbocycles. The van der Waals surface area contributed by atoms with Gasteiger partial charge in [-0.3, -0.25) is 9.59 Å². The van der Waals surface area contributed by atoms with E-state index in [1.165, 1.54) is 4.90 Å². The maximum atomic E-state index is 11.8. The van der Waals surface area contributed by atoms with Crippen LogP contribution < -0.4 is 5.32 Å². The number of nitrogens with one attached hydrogen (secondary N) is 1. The number of carboxylic acids is 1. The Labute approximate surface area is 88.4 Å². The average Bonchev–Trinajstić information content (AvgIpc) is 2.89. The van der Waals surface area contributed by atoms with Crippen molar-refractivity contribution in [2.24, 2.45) is 5.92 Å². The van der Waals surface area contributed by atoms with Gasteiger partial charge in [-0.25, -0.2) is 0 Å². The van der Waals surface area contributed by atoms with Crippen LogP contribution in [0.5, 0.6) is 0 Å². The molecular weight excluding hydrogens is 196 g/mol. The van der Waals surface area contributed by atoms with Gasteiger partial charge in [0, 0.05) is 12.5 Å². The largest absolute Gasteiger partial charge is 0.480 e. The van der Waals surface area contributed by atoms with E-state index >= 15 is 0 Å². The first-order valence-electron chi connectivity index (χ1n) is 5.39. The highest BCUT2D eigenvalue weighted by Gasteiger charge is 2.35. The molecule has 1 aliphatic heterocycles. The van der Waals surface area contributed by atoms with E-state index in [4.69, 9.17) is 5.11 Å². The maximum absolute atomic E-state index is 11.8. The van der Waals surface area contributed by atoms with Gasteiger partial charge >= 0.3 is 5.97 Å². The number of carbonyl (C=O) groups excluding carboxylic acids is 1. The first-order valence-corrected chi connectivity index (χ1v) is 5.39. The van der Waals surface area contributed by atoms with Crippen LogP contribution in [-0.2, 0) is 9.59 Å². The predicted molar refractivity (Wildman–Crippen MR) is 53.3 cm³/mol. The van der Waals surface area contributed by atoms with Crippen LogP contribution in [0, 0.1) is 5.92 Å². The third-order valence-corrected chi connectivity index (χ3v) is 2.94. The van der Waals surface area contributed by atoms with Crippen LogP contribution in [0.1, 0.15) is 19.3 Å². The Morgan fingerprint density at radius 2 is 2.00 bits per heavy atom. The molecule has 2 aliphatic rings. The van der Waals surface area contributed by atoms with Crippen molar-refractivity contribution in [3.8, 4) is 0 Å². The molecule has 15 heavy (non-hydrogen) atoms. The first-order chi connectivity index (χ1) is 7.16. The molecule has 0 atom stereocenters. The van der Waals surface area contributed by atoms with Gasteiger partial charge in [-0.1, -0.05) is 0 Å². The molecule has 1 aliphatic carbocycles. The molecule has 0 unspecified atom stereocenters. The zero-order valence-electron chi connectivity index (χ0n) is 8.61. The topological polar surface area (TPSA) is 69.6 Å². The molecule has 2 rings (SSSR count). The lowest BCUT2D eigenvalue weighted by molar-refractivity contribution is -0.145. The summed E-state index contributed by atoms with van der Waals surface area (Å²) in [7, 11) is 0. The van der Waals surface area contributed by atoms with E-state index in [1.807, 2.05) is 0 Å². The Balaban J connectivity index is 1.84. The zero-order chi connectivity index (χ0) is 10.8. The number of hydrogen-bond acceptors (Lipinski definition) is 3. The number of aliphatic carboxylic acids is 1. The maximum Gasteiger partial charge on any atom is 0.323 e. The molecule has 0 radical (unpaired) electrons. The number of carboxylic acid groups (broad SMARTS) is 1. The minimum Gasteiger partial charge on any atom is -0.480 e. The van der Waals surface area contributed by atoms with Gasteiger partial charge in [-0.2, -0.15) is 0 Å². The molecule has 0 aromatic rings. The Bertz CT molecular complexity index is 272. The highest BCUT2D eigenvalue weighted by molar-refractivity contribution is 5.82. The summed E-state index contributed by atoms with van der Waals surface area (Å²) in [5, 5.41) is 11.8. The number of carbonyl (C=O) groups is 2. The van der Waals surface area contributed by atoms with Crippen LogP contribution in [0.2, 0.25) is 0 Å². The van der Waals surface area contributed by atoms with Crippen molar-refractivity contribution in [1.29, 1.82) is 0 Å². The van der Waals surface area contributed by atoms with Gasteiger partial charge in [0.1, 0.15) is 6.54 Å². The summed E-state index contributed by atoms with van der Waals surface area (Å²) in [5.41, 5.74) is 0. The second kappa shape index (κ2) is 4.18. The van der Waals surface area contributed by atoms with E-state index in [9.17, 15) is 9.59 Å². The molecule has 0 bridgehead atoms. The van der Waals surface area contributed by atoms with Crippen LogP contribution in [0.4, 0.5) is 0 Å². The van der Waals surface area contributed by atoms with E-state index < -0.39 is 5.97 Å². The first kappa shape index (κ1) is 10.4. The Hall–Kier alpha value is -1.10. The molecule has 1 saturated carbocycles. The van der Waals surface area contributed by atoms with E-state index in [-0.39, 0.29) is 18.5 Å². The Morgan fingerprint density at radius 1 is 1.33 bits per heavy atom. The highest BCUT2D eigenvalue weighted by atomic mass is 16.4. The van der Waals surface area contributed by atoms with Gasteiger partial charge in [0.15, 0.2) is 0 Å². The normalized spacial score (nSPS) is 20.8. The number of amides is 1. The monoisotopic (exact) mass is 212 g/mol. The Kier molecular flexibility index (Phi) is 2.90. The van der Waals surface area contributed by atoms with Crippen LogP contribution in [0.25, 0.3) is 0 Å². The van der Waals surface area contributed by atoms with Crippen molar-refractivity contribution in [3.63, 3.8) is 0 Å². The third-order valence-electron chi connectivity index (χ3n) is 2.94. The summed E-state index contributed by atoms with van der Waals surface area (Å²) in [6, 6.07) is 0.196. The molecule has 1 amide bonds. The van der Waals surface area contributed by atoms with Crippen LogP contribution >= 0.6 is 0 Å². The SMILES string of the molecule is O=C(O)CN(C(=O)CC1CNC1)C1CC1. The standard InChI is InChI=1S/C10H16N2O3/c13-9(3-7-4-11-5-7)12(6-10(14)15)8-1-2-8/h7-8,11H,1-6H2,(H,14,15). The summed E-state index contributed by atoms with van der Waals surface area (Å²) in [4.78, 5) is 23.9. The van der Waals surface area contributed by atoms with Crippen molar-refractivity contribution in [2.45, 2.75) is 25.3 Å². The van der Waals surface area contributed by atoms with E-state index in [2.05, 4.69) is 5.32 Å². The third kappa shape index (κ3) is 2.68. The molecule has 1 saturated heterocycles. The van der Waals surface area contributed by atoms with Gasteiger partial charge in [-0.05, 0) is 31.8 Å². The van der Waals surface area contributed by atoms with Crippen LogP contribution in [0.3, 0.4) is 0 Å². The molecule has 2 fully saturated rings. The van der Waals surface area contributed by atoms with E-state index in [1.54, 1.807) is 0 Å². The second-order valence-electron chi connectivity index (χ2n) is 4.37. The van der Waals surface area contributed by atoms with Crippen molar-refractivity contribution < 1.29 is 14.7 Å². The zero-order valence-corrected chi connectivity index (χ0v) is 8.61. The second-order valence-corrected chi connectivity index (χ2v) is 4.37. The fourth-order valence-electron chi connectivity index (χ4n) is 1.81. The quantitative estimate of drug-likeness (QED) is 0.655. The Morgan fingerprint density at radius 3 is 2.40 bits per heavy atom. The van der Waals surface area contributed by atoms with Gasteiger partial charge in [-0.15, -0.1) is 0 Å². The highest BCUT2D eigenvalue weighted by Crippen LogP contribution is 2.28. The molecule has 84 valence electrons. The van der Waals surface area contributed by atoms with Gasteiger partial charge in [0.05, 0.1) is 0 Å². The number of nitrogens with zero attached hydrogens (tertiary/aromatic N) is 1. The van der Waals surface area contributed by atoms with Crippen LogP contribution in [-0.4, -0.2) is 47.6 Å². The van der Waals surface area contributed by atoms with Crippen molar-refractivity contribution >= 4 is 11.9 Å². The molecule has 1 heterocycles. The van der Waals surface area contributed by atoms with Gasteiger partial charge < -0.3 is 15.3 Å². The smallest absolute Gasteiger partial charge is 0.323 e. The molecule has 0 aromatic heterocycles. The fraction of sp³-hybridized carbons (Fsp3) is 0.800.